The summed E-state index contributed by atoms with van der Waals surface area (Å²) in [5.74, 6) is -0.108. The zero-order valence-electron chi connectivity index (χ0n) is 15.0. The number of carbonyl (C=O) groups is 2. The minimum Gasteiger partial charge on any atom is -0.337 e. The van der Waals surface area contributed by atoms with Gasteiger partial charge in [-0.3, -0.25) is 14.6 Å². The molecule has 2 amide bonds. The van der Waals surface area contributed by atoms with E-state index in [1.165, 1.54) is 0 Å². The van der Waals surface area contributed by atoms with Crippen molar-refractivity contribution >= 4 is 11.8 Å². The van der Waals surface area contributed by atoms with Crippen LogP contribution < -0.4 is 0 Å². The van der Waals surface area contributed by atoms with Crippen LogP contribution in [-0.4, -0.2) is 77.8 Å². The van der Waals surface area contributed by atoms with Gasteiger partial charge in [-0.2, -0.15) is 0 Å². The van der Waals surface area contributed by atoms with Gasteiger partial charge >= 0.3 is 0 Å². The molecule has 6 nitrogen and oxygen atoms in total. The molecule has 0 saturated carbocycles. The molecule has 1 fully saturated rings. The van der Waals surface area contributed by atoms with Gasteiger partial charge in [0.1, 0.15) is 5.69 Å². The van der Waals surface area contributed by atoms with E-state index in [0.717, 1.165) is 39.0 Å². The lowest BCUT2D eigenvalue weighted by Crippen LogP contribution is -2.47. The summed E-state index contributed by atoms with van der Waals surface area (Å²) >= 11 is 0. The SMILES string of the molecule is CCCN(CCC)C(=O)c1cc(C(=O)N2CCN(C)CC2)ccn1. The van der Waals surface area contributed by atoms with Crippen LogP contribution >= 0.6 is 0 Å². The van der Waals surface area contributed by atoms with E-state index in [4.69, 9.17) is 0 Å². The average molecular weight is 332 g/mol. The molecule has 0 bridgehead atoms. The largest absolute Gasteiger partial charge is 0.337 e. The molecule has 0 aromatic carbocycles. The molecule has 6 heteroatoms. The molecule has 1 aliphatic heterocycles. The van der Waals surface area contributed by atoms with Gasteiger partial charge in [-0.05, 0) is 32.0 Å². The summed E-state index contributed by atoms with van der Waals surface area (Å²) in [4.78, 5) is 35.4. The van der Waals surface area contributed by atoms with Gasteiger partial charge in [0.15, 0.2) is 0 Å². The van der Waals surface area contributed by atoms with Gasteiger partial charge in [0, 0.05) is 51.0 Å². The maximum Gasteiger partial charge on any atom is 0.272 e. The maximum absolute atomic E-state index is 12.7. The minimum absolute atomic E-state index is 0.0166. The molecular weight excluding hydrogens is 304 g/mol. The molecular formula is C18H28N4O2. The van der Waals surface area contributed by atoms with Crippen molar-refractivity contribution in [2.45, 2.75) is 26.7 Å². The second kappa shape index (κ2) is 8.78. The molecule has 0 spiro atoms. The molecule has 1 aliphatic rings. The Labute approximate surface area is 144 Å². The number of pyridine rings is 1. The number of hydrogen-bond acceptors (Lipinski definition) is 4. The molecule has 132 valence electrons. The third kappa shape index (κ3) is 4.54. The van der Waals surface area contributed by atoms with Crippen LogP contribution in [0.5, 0.6) is 0 Å². The van der Waals surface area contributed by atoms with Crippen molar-refractivity contribution in [2.24, 2.45) is 0 Å². The van der Waals surface area contributed by atoms with Crippen LogP contribution in [0.15, 0.2) is 18.3 Å². The smallest absolute Gasteiger partial charge is 0.272 e. The van der Waals surface area contributed by atoms with Gasteiger partial charge < -0.3 is 14.7 Å². The highest BCUT2D eigenvalue weighted by Crippen LogP contribution is 2.11. The molecule has 1 saturated heterocycles. The van der Waals surface area contributed by atoms with E-state index in [1.807, 2.05) is 9.80 Å². The van der Waals surface area contributed by atoms with E-state index < -0.39 is 0 Å². The third-order valence-corrected chi connectivity index (χ3v) is 4.29. The zero-order chi connectivity index (χ0) is 17.5. The zero-order valence-corrected chi connectivity index (χ0v) is 15.0. The van der Waals surface area contributed by atoms with Crippen molar-refractivity contribution in [1.82, 2.24) is 19.7 Å². The second-order valence-corrected chi connectivity index (χ2v) is 6.32. The van der Waals surface area contributed by atoms with Gasteiger partial charge in [-0.25, -0.2) is 0 Å². The molecule has 0 aliphatic carbocycles. The topological polar surface area (TPSA) is 56.8 Å². The standard InChI is InChI=1S/C18H28N4O2/c1-4-8-21(9-5-2)18(24)16-14-15(6-7-19-16)17(23)22-12-10-20(3)11-13-22/h6-7,14H,4-5,8-13H2,1-3H3. The highest BCUT2D eigenvalue weighted by molar-refractivity contribution is 5.98. The fourth-order valence-corrected chi connectivity index (χ4v) is 2.89. The van der Waals surface area contributed by atoms with Gasteiger partial charge in [0.2, 0.25) is 0 Å². The summed E-state index contributed by atoms with van der Waals surface area (Å²) in [6, 6.07) is 3.34. The Morgan fingerprint density at radius 1 is 1.12 bits per heavy atom. The van der Waals surface area contributed by atoms with Crippen molar-refractivity contribution in [3.8, 4) is 0 Å². The Morgan fingerprint density at radius 2 is 1.75 bits per heavy atom. The average Bonchev–Trinajstić information content (AvgIpc) is 2.61. The first-order valence-corrected chi connectivity index (χ1v) is 8.80. The quantitative estimate of drug-likeness (QED) is 0.796. The minimum atomic E-state index is -0.0910. The van der Waals surface area contributed by atoms with Gasteiger partial charge in [0.25, 0.3) is 11.8 Å². The van der Waals surface area contributed by atoms with E-state index >= 15 is 0 Å². The van der Waals surface area contributed by atoms with Crippen molar-refractivity contribution in [2.75, 3.05) is 46.3 Å². The van der Waals surface area contributed by atoms with Crippen LogP contribution in [0, 0.1) is 0 Å². The second-order valence-electron chi connectivity index (χ2n) is 6.32. The number of aromatic nitrogens is 1. The predicted octanol–water partition coefficient (Wildman–Crippen LogP) is 1.73. The lowest BCUT2D eigenvalue weighted by Gasteiger charge is -2.32. The molecule has 1 aromatic rings. The number of rotatable bonds is 6. The number of likely N-dealkylation sites (N-methyl/N-ethyl adjacent to an activating group) is 1. The molecule has 0 N–H and O–H groups in total. The first kappa shape index (κ1) is 18.4. The Morgan fingerprint density at radius 3 is 2.33 bits per heavy atom. The van der Waals surface area contributed by atoms with E-state index in [-0.39, 0.29) is 11.8 Å². The molecule has 2 rings (SSSR count). The Bertz CT molecular complexity index is 562. The summed E-state index contributed by atoms with van der Waals surface area (Å²) < 4.78 is 0. The highest BCUT2D eigenvalue weighted by Gasteiger charge is 2.22. The number of amides is 2. The summed E-state index contributed by atoms with van der Waals surface area (Å²) in [6.45, 7) is 8.73. The fraction of sp³-hybridized carbons (Fsp3) is 0.611. The Kier molecular flexibility index (Phi) is 6.73. The van der Waals surface area contributed by atoms with E-state index in [1.54, 1.807) is 18.3 Å². The van der Waals surface area contributed by atoms with Crippen LogP contribution in [0.3, 0.4) is 0 Å². The van der Waals surface area contributed by atoms with Crippen LogP contribution in [0.1, 0.15) is 47.5 Å². The van der Waals surface area contributed by atoms with Crippen LogP contribution in [0.4, 0.5) is 0 Å². The van der Waals surface area contributed by atoms with Crippen LogP contribution in [0.2, 0.25) is 0 Å². The first-order valence-electron chi connectivity index (χ1n) is 8.80. The number of nitrogens with zero attached hydrogens (tertiary/aromatic N) is 4. The third-order valence-electron chi connectivity index (χ3n) is 4.29. The van der Waals surface area contributed by atoms with E-state index in [9.17, 15) is 9.59 Å². The fourth-order valence-electron chi connectivity index (χ4n) is 2.89. The Balaban J connectivity index is 2.12. The van der Waals surface area contributed by atoms with Gasteiger partial charge in [-0.1, -0.05) is 13.8 Å². The van der Waals surface area contributed by atoms with Gasteiger partial charge in [-0.15, -0.1) is 0 Å². The highest BCUT2D eigenvalue weighted by atomic mass is 16.2. The monoisotopic (exact) mass is 332 g/mol. The van der Waals surface area contributed by atoms with Crippen molar-refractivity contribution in [3.63, 3.8) is 0 Å². The molecule has 24 heavy (non-hydrogen) atoms. The molecule has 1 aromatic heterocycles. The summed E-state index contributed by atoms with van der Waals surface area (Å²) in [7, 11) is 2.06. The van der Waals surface area contributed by atoms with Crippen LogP contribution in [0.25, 0.3) is 0 Å². The van der Waals surface area contributed by atoms with E-state index in [2.05, 4.69) is 30.8 Å². The molecule has 0 unspecified atom stereocenters. The lowest BCUT2D eigenvalue weighted by atomic mass is 10.1. The maximum atomic E-state index is 12.7. The van der Waals surface area contributed by atoms with Crippen molar-refractivity contribution in [3.05, 3.63) is 29.6 Å². The summed E-state index contributed by atoms with van der Waals surface area (Å²) in [5.41, 5.74) is 0.905. The summed E-state index contributed by atoms with van der Waals surface area (Å²) in [5, 5.41) is 0. The molecule has 0 atom stereocenters. The van der Waals surface area contributed by atoms with Crippen molar-refractivity contribution in [1.29, 1.82) is 0 Å². The van der Waals surface area contributed by atoms with Crippen LogP contribution in [-0.2, 0) is 0 Å². The van der Waals surface area contributed by atoms with E-state index in [0.29, 0.717) is 24.3 Å². The Hall–Kier alpha value is -1.95. The number of piperazine rings is 1. The number of hydrogen-bond donors (Lipinski definition) is 0. The normalized spacial score (nSPS) is 15.4. The summed E-state index contributed by atoms with van der Waals surface area (Å²) in [6.07, 6.45) is 3.38. The lowest BCUT2D eigenvalue weighted by molar-refractivity contribution is 0.0664. The first-order chi connectivity index (χ1) is 11.6. The van der Waals surface area contributed by atoms with Crippen molar-refractivity contribution < 1.29 is 9.59 Å². The van der Waals surface area contributed by atoms with Gasteiger partial charge in [0.05, 0.1) is 0 Å². The number of carbonyl (C=O) groups excluding carboxylic acids is 2. The molecule has 0 radical (unpaired) electrons. The molecule has 2 heterocycles. The predicted molar refractivity (Wildman–Crippen MR) is 94.1 cm³/mol.